The molecule has 0 saturated carbocycles. The quantitative estimate of drug-likeness (QED) is 0.834. The fourth-order valence-electron chi connectivity index (χ4n) is 2.08. The fourth-order valence-corrected chi connectivity index (χ4v) is 2.35. The molecule has 0 atom stereocenters. The standard InChI is InChI=1S/C18H20BrNO/c1-12-5-6-14(11-13(12)2)18(3,4)17(21)20-16-9-7-15(19)8-10-16/h5-11H,1-4H3,(H,20,21). The third-order valence-electron chi connectivity index (χ3n) is 3.90. The lowest BCUT2D eigenvalue weighted by atomic mass is 9.82. The molecule has 2 nitrogen and oxygen atoms in total. The molecule has 0 aliphatic heterocycles. The van der Waals surface area contributed by atoms with Gasteiger partial charge in [-0.1, -0.05) is 34.1 Å². The number of hydrogen-bond acceptors (Lipinski definition) is 1. The van der Waals surface area contributed by atoms with Gasteiger partial charge in [0, 0.05) is 10.2 Å². The highest BCUT2D eigenvalue weighted by Gasteiger charge is 2.30. The van der Waals surface area contributed by atoms with Gasteiger partial charge in [0.05, 0.1) is 5.41 Å². The maximum Gasteiger partial charge on any atom is 0.234 e. The van der Waals surface area contributed by atoms with E-state index in [1.807, 2.05) is 44.2 Å². The summed E-state index contributed by atoms with van der Waals surface area (Å²) >= 11 is 3.39. The molecular formula is C18H20BrNO. The van der Waals surface area contributed by atoms with Crippen LogP contribution in [0.25, 0.3) is 0 Å². The van der Waals surface area contributed by atoms with Gasteiger partial charge in [-0.05, 0) is 68.7 Å². The van der Waals surface area contributed by atoms with E-state index in [-0.39, 0.29) is 5.91 Å². The third-order valence-corrected chi connectivity index (χ3v) is 4.43. The van der Waals surface area contributed by atoms with Crippen molar-refractivity contribution in [2.75, 3.05) is 5.32 Å². The summed E-state index contributed by atoms with van der Waals surface area (Å²) in [6, 6.07) is 13.8. The zero-order valence-corrected chi connectivity index (χ0v) is 14.4. The number of nitrogens with one attached hydrogen (secondary N) is 1. The lowest BCUT2D eigenvalue weighted by molar-refractivity contribution is -0.120. The smallest absolute Gasteiger partial charge is 0.234 e. The first-order valence-electron chi connectivity index (χ1n) is 6.95. The highest BCUT2D eigenvalue weighted by molar-refractivity contribution is 9.10. The van der Waals surface area contributed by atoms with E-state index < -0.39 is 5.41 Å². The molecule has 0 spiro atoms. The molecule has 2 aromatic carbocycles. The Labute approximate surface area is 134 Å². The number of carbonyl (C=O) groups excluding carboxylic acids is 1. The maximum absolute atomic E-state index is 12.6. The van der Waals surface area contributed by atoms with E-state index in [0.717, 1.165) is 15.7 Å². The van der Waals surface area contributed by atoms with Gasteiger partial charge in [-0.15, -0.1) is 0 Å². The van der Waals surface area contributed by atoms with Crippen LogP contribution in [0.4, 0.5) is 5.69 Å². The van der Waals surface area contributed by atoms with Gasteiger partial charge >= 0.3 is 0 Å². The Morgan fingerprint density at radius 1 is 1.00 bits per heavy atom. The molecule has 1 N–H and O–H groups in total. The second kappa shape index (κ2) is 6.02. The normalized spacial score (nSPS) is 11.3. The number of rotatable bonds is 3. The second-order valence-electron chi connectivity index (χ2n) is 5.89. The summed E-state index contributed by atoms with van der Waals surface area (Å²) in [7, 11) is 0. The molecule has 0 aliphatic carbocycles. The van der Waals surface area contributed by atoms with Gasteiger partial charge in [0.15, 0.2) is 0 Å². The van der Waals surface area contributed by atoms with Crippen molar-refractivity contribution in [1.82, 2.24) is 0 Å². The highest BCUT2D eigenvalue weighted by atomic mass is 79.9. The van der Waals surface area contributed by atoms with Crippen molar-refractivity contribution in [3.63, 3.8) is 0 Å². The predicted molar refractivity (Wildman–Crippen MR) is 91.7 cm³/mol. The molecule has 2 rings (SSSR count). The van der Waals surface area contributed by atoms with Crippen molar-refractivity contribution < 1.29 is 4.79 Å². The molecule has 0 radical (unpaired) electrons. The zero-order valence-electron chi connectivity index (χ0n) is 12.8. The largest absolute Gasteiger partial charge is 0.325 e. The van der Waals surface area contributed by atoms with Crippen molar-refractivity contribution in [3.8, 4) is 0 Å². The predicted octanol–water partition coefficient (Wildman–Crippen LogP) is 4.98. The van der Waals surface area contributed by atoms with E-state index in [1.165, 1.54) is 11.1 Å². The molecule has 0 aliphatic rings. The van der Waals surface area contributed by atoms with E-state index >= 15 is 0 Å². The first-order chi connectivity index (χ1) is 9.80. The van der Waals surface area contributed by atoms with Gasteiger partial charge in [-0.25, -0.2) is 0 Å². The number of hydrogen-bond donors (Lipinski definition) is 1. The third kappa shape index (κ3) is 3.53. The summed E-state index contributed by atoms with van der Waals surface area (Å²) in [6.07, 6.45) is 0. The van der Waals surface area contributed by atoms with Gasteiger partial charge in [-0.2, -0.15) is 0 Å². The van der Waals surface area contributed by atoms with Crippen molar-refractivity contribution >= 4 is 27.5 Å². The molecule has 3 heteroatoms. The maximum atomic E-state index is 12.6. The van der Waals surface area contributed by atoms with Crippen LogP contribution in [0.2, 0.25) is 0 Å². The van der Waals surface area contributed by atoms with E-state index in [1.54, 1.807) is 0 Å². The van der Waals surface area contributed by atoms with Crippen LogP contribution in [0.15, 0.2) is 46.9 Å². The number of amides is 1. The Kier molecular flexibility index (Phi) is 4.52. The van der Waals surface area contributed by atoms with Crippen molar-refractivity contribution in [2.24, 2.45) is 0 Å². The van der Waals surface area contributed by atoms with E-state index in [0.29, 0.717) is 0 Å². The Bertz CT molecular complexity index is 659. The van der Waals surface area contributed by atoms with Gasteiger partial charge in [-0.3, -0.25) is 4.79 Å². The van der Waals surface area contributed by atoms with Gasteiger partial charge in [0.2, 0.25) is 5.91 Å². The summed E-state index contributed by atoms with van der Waals surface area (Å²) < 4.78 is 0.994. The van der Waals surface area contributed by atoms with Gasteiger partial charge in [0.25, 0.3) is 0 Å². The number of carbonyl (C=O) groups is 1. The number of anilines is 1. The van der Waals surface area contributed by atoms with E-state index in [9.17, 15) is 4.79 Å². The van der Waals surface area contributed by atoms with Crippen LogP contribution in [-0.4, -0.2) is 5.91 Å². The topological polar surface area (TPSA) is 29.1 Å². The van der Waals surface area contributed by atoms with Crippen LogP contribution in [0.5, 0.6) is 0 Å². The highest BCUT2D eigenvalue weighted by Crippen LogP contribution is 2.27. The first kappa shape index (κ1) is 15.8. The zero-order chi connectivity index (χ0) is 15.6. The average Bonchev–Trinajstić information content (AvgIpc) is 2.44. The monoisotopic (exact) mass is 345 g/mol. The number of aryl methyl sites for hydroxylation is 2. The van der Waals surface area contributed by atoms with Crippen LogP contribution in [0.3, 0.4) is 0 Å². The molecule has 0 fully saturated rings. The van der Waals surface area contributed by atoms with Crippen molar-refractivity contribution in [2.45, 2.75) is 33.1 Å². The summed E-state index contributed by atoms with van der Waals surface area (Å²) in [6.45, 7) is 8.05. The Hall–Kier alpha value is -1.61. The number of benzene rings is 2. The minimum absolute atomic E-state index is 0.00641. The van der Waals surface area contributed by atoms with Crippen LogP contribution in [0.1, 0.15) is 30.5 Å². The van der Waals surface area contributed by atoms with E-state index in [4.69, 9.17) is 0 Å². The molecule has 1 amide bonds. The average molecular weight is 346 g/mol. The first-order valence-corrected chi connectivity index (χ1v) is 7.75. The van der Waals surface area contributed by atoms with Gasteiger partial charge < -0.3 is 5.32 Å². The summed E-state index contributed by atoms with van der Waals surface area (Å²) in [5, 5.41) is 2.98. The molecule has 0 unspecified atom stereocenters. The van der Waals surface area contributed by atoms with Crippen molar-refractivity contribution in [3.05, 3.63) is 63.6 Å². The summed E-state index contributed by atoms with van der Waals surface area (Å²) in [4.78, 5) is 12.6. The van der Waals surface area contributed by atoms with Crippen LogP contribution in [0, 0.1) is 13.8 Å². The van der Waals surface area contributed by atoms with Crippen molar-refractivity contribution in [1.29, 1.82) is 0 Å². The van der Waals surface area contributed by atoms with Crippen LogP contribution in [-0.2, 0) is 10.2 Å². The number of halogens is 1. The lowest BCUT2D eigenvalue weighted by Gasteiger charge is -2.25. The SMILES string of the molecule is Cc1ccc(C(C)(C)C(=O)Nc2ccc(Br)cc2)cc1C. The van der Waals surface area contributed by atoms with Crippen LogP contribution >= 0.6 is 15.9 Å². The fraction of sp³-hybridized carbons (Fsp3) is 0.278. The molecule has 110 valence electrons. The second-order valence-corrected chi connectivity index (χ2v) is 6.80. The molecule has 0 bridgehead atoms. The minimum Gasteiger partial charge on any atom is -0.325 e. The van der Waals surface area contributed by atoms with E-state index in [2.05, 4.69) is 47.2 Å². The molecular weight excluding hydrogens is 326 g/mol. The Balaban J connectivity index is 2.23. The minimum atomic E-state index is -0.578. The summed E-state index contributed by atoms with van der Waals surface area (Å²) in [5.41, 5.74) is 3.70. The molecule has 21 heavy (non-hydrogen) atoms. The molecule has 0 aromatic heterocycles. The lowest BCUT2D eigenvalue weighted by Crippen LogP contribution is -2.34. The summed E-state index contributed by atoms with van der Waals surface area (Å²) in [5.74, 6) is -0.00641. The molecule has 0 saturated heterocycles. The molecule has 0 heterocycles. The Morgan fingerprint density at radius 2 is 1.62 bits per heavy atom. The van der Waals surface area contributed by atoms with Gasteiger partial charge in [0.1, 0.15) is 0 Å². The van der Waals surface area contributed by atoms with Crippen LogP contribution < -0.4 is 5.32 Å². The Morgan fingerprint density at radius 3 is 2.19 bits per heavy atom. The molecule has 2 aromatic rings.